The maximum absolute atomic E-state index is 4.11. The second kappa shape index (κ2) is 15.8. The van der Waals surface area contributed by atoms with Gasteiger partial charge in [0.15, 0.2) is 7.28 Å². The van der Waals surface area contributed by atoms with Crippen LogP contribution in [0.15, 0.2) is 158 Å². The molecule has 0 atom stereocenters. The van der Waals surface area contributed by atoms with E-state index in [1.54, 1.807) is 0 Å². The molecule has 0 radical (unpaired) electrons. The second-order valence-corrected chi connectivity index (χ2v) is 24.3. The lowest BCUT2D eigenvalue weighted by molar-refractivity contribution is 0.332. The van der Waals surface area contributed by atoms with Crippen LogP contribution in [-0.2, 0) is 21.7 Å². The molecule has 2 heterocycles. The summed E-state index contributed by atoms with van der Waals surface area (Å²) in [6.07, 6.45) is 4.67. The van der Waals surface area contributed by atoms with Crippen molar-refractivity contribution >= 4 is 78.2 Å². The minimum absolute atomic E-state index is 0.0213. The van der Waals surface area contributed by atoms with Crippen molar-refractivity contribution < 1.29 is 0 Å². The summed E-state index contributed by atoms with van der Waals surface area (Å²) in [6, 6.07) is 60.0. The summed E-state index contributed by atoms with van der Waals surface area (Å²) in [6.45, 7) is 22.0. The van der Waals surface area contributed by atoms with Gasteiger partial charge in [-0.25, -0.2) is 0 Å². The van der Waals surface area contributed by atoms with Crippen LogP contribution in [0, 0.1) is 6.92 Å². The number of rotatable bonds is 6. The average molecular weight is 915 g/mol. The van der Waals surface area contributed by atoms with E-state index in [9.17, 15) is 0 Å². The molecule has 0 amide bonds. The molecule has 1 aromatic heterocycles. The summed E-state index contributed by atoms with van der Waals surface area (Å²) >= 11 is 1.94. The Morgan fingerprint density at radius 3 is 1.67 bits per heavy atom. The number of benzene rings is 8. The van der Waals surface area contributed by atoms with E-state index in [1.807, 2.05) is 11.3 Å². The highest BCUT2D eigenvalue weighted by atomic mass is 32.1. The molecule has 4 heteroatoms. The second-order valence-electron chi connectivity index (χ2n) is 23.2. The van der Waals surface area contributed by atoms with E-state index >= 15 is 0 Å². The van der Waals surface area contributed by atoms with Crippen molar-refractivity contribution in [3.63, 3.8) is 0 Å². The normalized spacial score (nSPS) is 17.1. The van der Waals surface area contributed by atoms with E-state index < -0.39 is 0 Å². The Kier molecular flexibility index (Phi) is 10.1. The first kappa shape index (κ1) is 43.9. The monoisotopic (exact) mass is 914 g/mol. The predicted molar refractivity (Wildman–Crippen MR) is 302 cm³/mol. The van der Waals surface area contributed by atoms with Crippen molar-refractivity contribution in [1.29, 1.82) is 0 Å². The quantitative estimate of drug-likeness (QED) is 0.167. The van der Waals surface area contributed by atoms with Crippen molar-refractivity contribution in [3.8, 4) is 33.4 Å². The number of hydrogen-bond acceptors (Lipinski definition) is 3. The van der Waals surface area contributed by atoms with Gasteiger partial charge in [0.25, 0.3) is 0 Å². The van der Waals surface area contributed by atoms with E-state index in [-0.39, 0.29) is 21.7 Å². The third-order valence-corrected chi connectivity index (χ3v) is 17.9. The molecular formula is C65H63BN2S. The predicted octanol–water partition coefficient (Wildman–Crippen LogP) is 17.0. The number of fused-ring (bicyclic) bond motifs is 7. The first-order valence-electron chi connectivity index (χ1n) is 25.3. The summed E-state index contributed by atoms with van der Waals surface area (Å²) in [7, 11) is 0.825. The maximum Gasteiger partial charge on any atom is 0.198 e. The molecule has 1 N–H and O–H groups in total. The van der Waals surface area contributed by atoms with Crippen LogP contribution in [-0.4, -0.2) is 7.28 Å². The van der Waals surface area contributed by atoms with Crippen LogP contribution in [0.1, 0.15) is 109 Å². The van der Waals surface area contributed by atoms with Gasteiger partial charge in [0, 0.05) is 54.2 Å². The number of anilines is 5. The Labute approximate surface area is 414 Å². The standard InChI is InChI=1S/C65H63BN2S/c1-40-34-48-51(65(8,9)33-30-62(48,2)3)38-54(40)68-55-35-44(42-20-14-11-15-21-42)26-29-52(55)66-61-56(68)39-58-59(46-22-16-17-23-57(46)69-58)60(61)47-36-49-50(64(6,7)32-31-63(49,4)5)37-53(47)67-45-27-24-43(25-28-45)41-18-12-10-13-19-41/h10-29,34-39,66-67H,30-33H2,1-9H3. The van der Waals surface area contributed by atoms with Crippen LogP contribution in [0.4, 0.5) is 28.4 Å². The zero-order valence-corrected chi connectivity index (χ0v) is 42.7. The van der Waals surface area contributed by atoms with E-state index in [0.717, 1.165) is 25.8 Å². The molecule has 1 aliphatic heterocycles. The van der Waals surface area contributed by atoms with E-state index in [1.165, 1.54) is 128 Å². The molecule has 2 nitrogen and oxygen atoms in total. The SMILES string of the molecule is Cc1cc2c(cc1N1c3cc(-c4ccccc4)ccc3Bc3c1cc1sc4ccccc4c1c3-c1cc3c(cc1Nc1ccc(-c4ccccc4)cc1)C(C)(C)CCC3(C)C)C(C)(C)CCC2(C)C. The van der Waals surface area contributed by atoms with E-state index in [2.05, 4.69) is 230 Å². The van der Waals surface area contributed by atoms with Gasteiger partial charge in [-0.15, -0.1) is 11.3 Å². The van der Waals surface area contributed by atoms with Crippen molar-refractivity contribution in [2.45, 2.75) is 110 Å². The third-order valence-electron chi connectivity index (χ3n) is 16.7. The van der Waals surface area contributed by atoms with E-state index in [4.69, 9.17) is 0 Å². The molecule has 0 saturated carbocycles. The molecule has 0 spiro atoms. The summed E-state index contributed by atoms with van der Waals surface area (Å²) in [5.41, 5.74) is 23.9. The summed E-state index contributed by atoms with van der Waals surface area (Å²) in [5, 5.41) is 6.80. The van der Waals surface area contributed by atoms with Gasteiger partial charge in [0.2, 0.25) is 0 Å². The summed E-state index contributed by atoms with van der Waals surface area (Å²) in [5.74, 6) is 0. The van der Waals surface area contributed by atoms with E-state index in [0.29, 0.717) is 0 Å². The van der Waals surface area contributed by atoms with Gasteiger partial charge < -0.3 is 10.2 Å². The highest BCUT2D eigenvalue weighted by Gasteiger charge is 2.41. The van der Waals surface area contributed by atoms with Crippen LogP contribution >= 0.6 is 11.3 Å². The molecule has 12 rings (SSSR count). The topological polar surface area (TPSA) is 15.3 Å². The molecule has 0 unspecified atom stereocenters. The summed E-state index contributed by atoms with van der Waals surface area (Å²) in [4.78, 5) is 2.68. The Morgan fingerprint density at radius 2 is 1.01 bits per heavy atom. The van der Waals surface area contributed by atoms with Gasteiger partial charge in [-0.1, -0.05) is 170 Å². The van der Waals surface area contributed by atoms with Gasteiger partial charge in [-0.3, -0.25) is 0 Å². The van der Waals surface area contributed by atoms with Crippen molar-refractivity contribution in [3.05, 3.63) is 186 Å². The van der Waals surface area contributed by atoms with Crippen molar-refractivity contribution in [1.82, 2.24) is 0 Å². The summed E-state index contributed by atoms with van der Waals surface area (Å²) < 4.78 is 2.65. The van der Waals surface area contributed by atoms with Crippen LogP contribution in [0.5, 0.6) is 0 Å². The Hall–Kier alpha value is -6.36. The average Bonchev–Trinajstić information content (AvgIpc) is 3.72. The minimum atomic E-state index is 0.0213. The highest BCUT2D eigenvalue weighted by Crippen LogP contribution is 2.54. The molecule has 0 saturated heterocycles. The zero-order valence-electron chi connectivity index (χ0n) is 41.9. The molecule has 0 bridgehead atoms. The fraction of sp³-hybridized carbons (Fsp3) is 0.262. The van der Waals surface area contributed by atoms with Gasteiger partial charge in [0.1, 0.15) is 0 Å². The van der Waals surface area contributed by atoms with Gasteiger partial charge >= 0.3 is 0 Å². The lowest BCUT2D eigenvalue weighted by atomic mass is 9.57. The molecule has 9 aromatic rings. The fourth-order valence-electron chi connectivity index (χ4n) is 12.3. The number of nitrogens with one attached hydrogen (secondary N) is 1. The largest absolute Gasteiger partial charge is 0.355 e. The van der Waals surface area contributed by atoms with Crippen LogP contribution in [0.25, 0.3) is 53.6 Å². The van der Waals surface area contributed by atoms with Gasteiger partial charge in [-0.05, 0) is 164 Å². The Bertz CT molecular complexity index is 3500. The third kappa shape index (κ3) is 7.27. The van der Waals surface area contributed by atoms with Crippen molar-refractivity contribution in [2.75, 3.05) is 10.2 Å². The Balaban J connectivity index is 1.16. The first-order valence-corrected chi connectivity index (χ1v) is 26.1. The maximum atomic E-state index is 4.11. The Morgan fingerprint density at radius 1 is 0.478 bits per heavy atom. The number of hydrogen-bond donors (Lipinski definition) is 1. The molecule has 342 valence electrons. The van der Waals surface area contributed by atoms with Crippen LogP contribution in [0.3, 0.4) is 0 Å². The molecule has 3 aliphatic rings. The highest BCUT2D eigenvalue weighted by molar-refractivity contribution is 7.26. The van der Waals surface area contributed by atoms with Crippen LogP contribution < -0.4 is 21.1 Å². The molecule has 2 aliphatic carbocycles. The van der Waals surface area contributed by atoms with Gasteiger partial charge in [0.05, 0.1) is 0 Å². The smallest absolute Gasteiger partial charge is 0.198 e. The van der Waals surface area contributed by atoms with Crippen molar-refractivity contribution in [2.24, 2.45) is 0 Å². The number of nitrogens with zero attached hydrogens (tertiary/aromatic N) is 1. The van der Waals surface area contributed by atoms with Gasteiger partial charge in [-0.2, -0.15) is 0 Å². The van der Waals surface area contributed by atoms with Crippen LogP contribution in [0.2, 0.25) is 0 Å². The zero-order chi connectivity index (χ0) is 47.6. The number of aryl methyl sites for hydroxylation is 1. The molecular weight excluding hydrogens is 852 g/mol. The lowest BCUT2D eigenvalue weighted by Crippen LogP contribution is -2.41. The minimum Gasteiger partial charge on any atom is -0.355 e. The molecule has 0 fully saturated rings. The first-order chi connectivity index (χ1) is 33.1. The molecule has 69 heavy (non-hydrogen) atoms. The lowest BCUT2D eigenvalue weighted by Gasteiger charge is -2.44. The fourth-order valence-corrected chi connectivity index (χ4v) is 13.5. The molecule has 8 aromatic carbocycles. The number of thiophene rings is 1.